The Hall–Kier alpha value is -2.14. The van der Waals surface area contributed by atoms with Crippen LogP contribution in [0.4, 0.5) is 17.3 Å². The van der Waals surface area contributed by atoms with Gasteiger partial charge in [-0.25, -0.2) is 15.8 Å². The Morgan fingerprint density at radius 1 is 1.00 bits per heavy atom. The molecule has 18 heavy (non-hydrogen) atoms. The number of benzene rings is 1. The highest BCUT2D eigenvalue weighted by Gasteiger charge is 2.10. The summed E-state index contributed by atoms with van der Waals surface area (Å²) in [6.45, 7) is 0. The number of hydrogen-bond donors (Lipinski definition) is 3. The van der Waals surface area contributed by atoms with E-state index in [9.17, 15) is 0 Å². The van der Waals surface area contributed by atoms with Crippen LogP contribution in [-0.4, -0.2) is 9.97 Å². The predicted molar refractivity (Wildman–Crippen MR) is 71.6 cm³/mol. The van der Waals surface area contributed by atoms with E-state index in [2.05, 4.69) is 38.9 Å². The average molecular weight is 241 g/mol. The summed E-state index contributed by atoms with van der Waals surface area (Å²) in [6, 6.07) is 8.24. The molecule has 0 saturated heterocycles. The van der Waals surface area contributed by atoms with Crippen LogP contribution in [0.5, 0.6) is 0 Å². The maximum absolute atomic E-state index is 5.32. The standard InChI is InChI=1S/C13H15N5/c14-18-13-7-12(15-8-16-13)17-11-5-4-9-2-1-3-10(9)6-11/h4-8H,1-3,14H2,(H2,15,16,17,18). The van der Waals surface area contributed by atoms with Crippen molar-refractivity contribution in [3.63, 3.8) is 0 Å². The molecule has 92 valence electrons. The summed E-state index contributed by atoms with van der Waals surface area (Å²) in [7, 11) is 0. The van der Waals surface area contributed by atoms with Gasteiger partial charge in [-0.05, 0) is 42.5 Å². The van der Waals surface area contributed by atoms with E-state index in [-0.39, 0.29) is 0 Å². The van der Waals surface area contributed by atoms with Crippen LogP contribution in [0, 0.1) is 0 Å². The van der Waals surface area contributed by atoms with E-state index in [4.69, 9.17) is 5.84 Å². The number of nitrogens with two attached hydrogens (primary N) is 1. The molecule has 2 aromatic rings. The summed E-state index contributed by atoms with van der Waals surface area (Å²) in [5.41, 5.74) is 6.46. The number of nitrogens with zero attached hydrogens (tertiary/aromatic N) is 2. The van der Waals surface area contributed by atoms with Crippen LogP contribution >= 0.6 is 0 Å². The number of fused-ring (bicyclic) bond motifs is 1. The van der Waals surface area contributed by atoms with Crippen molar-refractivity contribution >= 4 is 17.3 Å². The molecule has 0 bridgehead atoms. The molecule has 0 saturated carbocycles. The summed E-state index contributed by atoms with van der Waals surface area (Å²) >= 11 is 0. The number of hydrogen-bond acceptors (Lipinski definition) is 5. The molecule has 4 N–H and O–H groups in total. The summed E-state index contributed by atoms with van der Waals surface area (Å²) in [6.07, 6.45) is 5.10. The fourth-order valence-electron chi connectivity index (χ4n) is 2.30. The second-order valence-electron chi connectivity index (χ2n) is 4.39. The smallest absolute Gasteiger partial charge is 0.145 e. The van der Waals surface area contributed by atoms with Crippen molar-refractivity contribution in [2.24, 2.45) is 5.84 Å². The number of nitrogen functional groups attached to an aromatic ring is 1. The van der Waals surface area contributed by atoms with E-state index in [1.807, 2.05) is 0 Å². The van der Waals surface area contributed by atoms with Gasteiger partial charge in [0.05, 0.1) is 0 Å². The third-order valence-corrected chi connectivity index (χ3v) is 3.19. The predicted octanol–water partition coefficient (Wildman–Crippen LogP) is 1.99. The molecule has 0 aliphatic heterocycles. The van der Waals surface area contributed by atoms with Crippen LogP contribution in [0.2, 0.25) is 0 Å². The van der Waals surface area contributed by atoms with E-state index in [0.717, 1.165) is 11.5 Å². The first-order valence-corrected chi connectivity index (χ1v) is 6.02. The highest BCUT2D eigenvalue weighted by molar-refractivity contribution is 5.60. The molecule has 0 fully saturated rings. The molecular formula is C13H15N5. The van der Waals surface area contributed by atoms with Crippen LogP contribution in [0.3, 0.4) is 0 Å². The first-order chi connectivity index (χ1) is 8.85. The Balaban J connectivity index is 1.83. The second kappa shape index (κ2) is 4.62. The van der Waals surface area contributed by atoms with Crippen LogP contribution in [0.15, 0.2) is 30.6 Å². The third kappa shape index (κ3) is 2.12. The minimum Gasteiger partial charge on any atom is -0.340 e. The molecule has 1 aliphatic carbocycles. The van der Waals surface area contributed by atoms with Crippen LogP contribution in [0.1, 0.15) is 17.5 Å². The molecule has 0 amide bonds. The number of aromatic nitrogens is 2. The SMILES string of the molecule is NNc1cc(Nc2ccc3c(c2)CCC3)ncn1. The van der Waals surface area contributed by atoms with Gasteiger partial charge in [-0.1, -0.05) is 6.07 Å². The van der Waals surface area contributed by atoms with E-state index >= 15 is 0 Å². The van der Waals surface area contributed by atoms with Crippen LogP contribution < -0.4 is 16.6 Å². The van der Waals surface area contributed by atoms with Crippen molar-refractivity contribution in [2.45, 2.75) is 19.3 Å². The van der Waals surface area contributed by atoms with Gasteiger partial charge in [0.15, 0.2) is 0 Å². The first kappa shape index (κ1) is 11.0. The number of hydrazine groups is 1. The van der Waals surface area contributed by atoms with Gasteiger partial charge in [0.25, 0.3) is 0 Å². The van der Waals surface area contributed by atoms with Crippen molar-refractivity contribution in [3.8, 4) is 0 Å². The zero-order valence-corrected chi connectivity index (χ0v) is 9.98. The zero-order chi connectivity index (χ0) is 12.4. The van der Waals surface area contributed by atoms with Gasteiger partial charge in [-0.3, -0.25) is 0 Å². The van der Waals surface area contributed by atoms with Crippen molar-refractivity contribution in [1.29, 1.82) is 0 Å². The van der Waals surface area contributed by atoms with E-state index in [1.165, 1.54) is 36.7 Å². The zero-order valence-electron chi connectivity index (χ0n) is 9.98. The van der Waals surface area contributed by atoms with Gasteiger partial charge >= 0.3 is 0 Å². The lowest BCUT2D eigenvalue weighted by Gasteiger charge is -2.08. The van der Waals surface area contributed by atoms with Crippen molar-refractivity contribution in [1.82, 2.24) is 9.97 Å². The Bertz CT molecular complexity index is 567. The summed E-state index contributed by atoms with van der Waals surface area (Å²) in [5, 5.41) is 3.26. The fourth-order valence-corrected chi connectivity index (χ4v) is 2.30. The topological polar surface area (TPSA) is 75.9 Å². The summed E-state index contributed by atoms with van der Waals surface area (Å²) < 4.78 is 0. The van der Waals surface area contributed by atoms with Gasteiger partial charge in [0.2, 0.25) is 0 Å². The molecular weight excluding hydrogens is 226 g/mol. The molecule has 1 heterocycles. The van der Waals surface area contributed by atoms with E-state index in [0.29, 0.717) is 5.82 Å². The summed E-state index contributed by atoms with van der Waals surface area (Å²) in [5.74, 6) is 6.64. The fraction of sp³-hybridized carbons (Fsp3) is 0.231. The maximum atomic E-state index is 5.32. The molecule has 0 spiro atoms. The monoisotopic (exact) mass is 241 g/mol. The molecule has 5 heteroatoms. The molecule has 5 nitrogen and oxygen atoms in total. The molecule has 0 atom stereocenters. The average Bonchev–Trinajstić information content (AvgIpc) is 2.86. The quantitative estimate of drug-likeness (QED) is 0.566. The normalized spacial score (nSPS) is 13.2. The highest BCUT2D eigenvalue weighted by Crippen LogP contribution is 2.26. The maximum Gasteiger partial charge on any atom is 0.145 e. The van der Waals surface area contributed by atoms with Gasteiger partial charge in [-0.15, -0.1) is 0 Å². The molecule has 1 aliphatic rings. The lowest BCUT2D eigenvalue weighted by molar-refractivity contribution is 0.912. The number of anilines is 3. The molecule has 0 unspecified atom stereocenters. The Morgan fingerprint density at radius 2 is 1.83 bits per heavy atom. The Kier molecular flexibility index (Phi) is 2.82. The first-order valence-electron chi connectivity index (χ1n) is 6.02. The van der Waals surface area contributed by atoms with Crippen molar-refractivity contribution < 1.29 is 0 Å². The Labute approximate surface area is 105 Å². The van der Waals surface area contributed by atoms with E-state index < -0.39 is 0 Å². The van der Waals surface area contributed by atoms with Crippen molar-refractivity contribution in [3.05, 3.63) is 41.7 Å². The van der Waals surface area contributed by atoms with Gasteiger partial charge < -0.3 is 10.7 Å². The van der Waals surface area contributed by atoms with Gasteiger partial charge in [-0.2, -0.15) is 0 Å². The molecule has 1 aromatic carbocycles. The number of nitrogens with one attached hydrogen (secondary N) is 2. The van der Waals surface area contributed by atoms with Gasteiger partial charge in [0.1, 0.15) is 18.0 Å². The highest BCUT2D eigenvalue weighted by atomic mass is 15.3. The minimum atomic E-state index is 0.591. The second-order valence-corrected chi connectivity index (χ2v) is 4.39. The van der Waals surface area contributed by atoms with Gasteiger partial charge in [0, 0.05) is 11.8 Å². The lowest BCUT2D eigenvalue weighted by atomic mass is 10.1. The largest absolute Gasteiger partial charge is 0.340 e. The van der Waals surface area contributed by atoms with E-state index in [1.54, 1.807) is 6.07 Å². The third-order valence-electron chi connectivity index (χ3n) is 3.19. The number of aryl methyl sites for hydroxylation is 2. The number of rotatable bonds is 3. The molecule has 3 rings (SSSR count). The van der Waals surface area contributed by atoms with Crippen LogP contribution in [-0.2, 0) is 12.8 Å². The van der Waals surface area contributed by atoms with Crippen LogP contribution in [0.25, 0.3) is 0 Å². The Morgan fingerprint density at radius 3 is 2.72 bits per heavy atom. The lowest BCUT2D eigenvalue weighted by Crippen LogP contribution is -2.09. The minimum absolute atomic E-state index is 0.591. The molecule has 1 aromatic heterocycles. The summed E-state index contributed by atoms with van der Waals surface area (Å²) in [4.78, 5) is 8.13. The van der Waals surface area contributed by atoms with Crippen molar-refractivity contribution in [2.75, 3.05) is 10.7 Å². The molecule has 0 radical (unpaired) electrons.